The maximum absolute atomic E-state index is 13.8. The van der Waals surface area contributed by atoms with Crippen LogP contribution < -0.4 is 10.6 Å². The topological polar surface area (TPSA) is 63.2 Å². The van der Waals surface area contributed by atoms with Gasteiger partial charge in [0.1, 0.15) is 0 Å². The number of pyridine rings is 1. The van der Waals surface area contributed by atoms with E-state index in [4.69, 9.17) is 4.74 Å². The molecular formula is C12H18FN3O2. The molecule has 6 heteroatoms. The van der Waals surface area contributed by atoms with Crippen LogP contribution in [-0.4, -0.2) is 38.2 Å². The number of amides is 1. The van der Waals surface area contributed by atoms with Gasteiger partial charge in [-0.1, -0.05) is 6.92 Å². The average molecular weight is 255 g/mol. The molecule has 0 fully saturated rings. The minimum Gasteiger partial charge on any atom is -0.384 e. The van der Waals surface area contributed by atoms with Crippen molar-refractivity contribution in [2.45, 2.75) is 6.92 Å². The van der Waals surface area contributed by atoms with Gasteiger partial charge in [-0.2, -0.15) is 0 Å². The summed E-state index contributed by atoms with van der Waals surface area (Å²) in [7, 11) is 3.15. The number of nitrogens with one attached hydrogen (secondary N) is 2. The maximum atomic E-state index is 13.8. The Morgan fingerprint density at radius 2 is 2.33 bits per heavy atom. The van der Waals surface area contributed by atoms with Gasteiger partial charge in [0, 0.05) is 26.9 Å². The number of halogens is 1. The fourth-order valence-electron chi connectivity index (χ4n) is 1.50. The lowest BCUT2D eigenvalue weighted by molar-refractivity contribution is 0.0930. The van der Waals surface area contributed by atoms with Crippen LogP contribution in [0.3, 0.4) is 0 Å². The fraction of sp³-hybridized carbons (Fsp3) is 0.500. The largest absolute Gasteiger partial charge is 0.384 e. The van der Waals surface area contributed by atoms with E-state index < -0.39 is 11.7 Å². The highest BCUT2D eigenvalue weighted by Gasteiger charge is 2.15. The highest BCUT2D eigenvalue weighted by molar-refractivity contribution is 5.95. The molecule has 100 valence electrons. The molecule has 0 aliphatic carbocycles. The van der Waals surface area contributed by atoms with E-state index in [9.17, 15) is 9.18 Å². The summed E-state index contributed by atoms with van der Waals surface area (Å²) in [5.74, 6) is -0.855. The number of rotatable bonds is 6. The van der Waals surface area contributed by atoms with Crippen molar-refractivity contribution in [1.82, 2.24) is 10.3 Å². The van der Waals surface area contributed by atoms with Crippen molar-refractivity contribution in [2.75, 3.05) is 32.6 Å². The first kappa shape index (κ1) is 14.4. The monoisotopic (exact) mass is 255 g/mol. The summed E-state index contributed by atoms with van der Waals surface area (Å²) in [6.07, 6.45) is 1.39. The molecule has 1 aromatic rings. The summed E-state index contributed by atoms with van der Waals surface area (Å²) in [6, 6.07) is 1.35. The predicted molar refractivity (Wildman–Crippen MR) is 67.1 cm³/mol. The van der Waals surface area contributed by atoms with E-state index in [1.807, 2.05) is 6.92 Å². The van der Waals surface area contributed by atoms with Crippen molar-refractivity contribution < 1.29 is 13.9 Å². The van der Waals surface area contributed by atoms with Crippen molar-refractivity contribution in [1.29, 1.82) is 0 Å². The van der Waals surface area contributed by atoms with Crippen LogP contribution in [0.4, 0.5) is 10.2 Å². The molecule has 0 saturated carbocycles. The van der Waals surface area contributed by atoms with Gasteiger partial charge in [0.25, 0.3) is 5.91 Å². The Morgan fingerprint density at radius 3 is 2.94 bits per heavy atom. The molecule has 1 rings (SSSR count). The molecule has 0 spiro atoms. The van der Waals surface area contributed by atoms with Gasteiger partial charge in [-0.05, 0) is 12.0 Å². The van der Waals surface area contributed by atoms with Crippen molar-refractivity contribution in [3.63, 3.8) is 0 Å². The van der Waals surface area contributed by atoms with Crippen LogP contribution in [0.1, 0.15) is 17.3 Å². The van der Waals surface area contributed by atoms with Gasteiger partial charge in [-0.15, -0.1) is 0 Å². The quantitative estimate of drug-likeness (QED) is 0.803. The van der Waals surface area contributed by atoms with Gasteiger partial charge in [0.05, 0.1) is 12.2 Å². The van der Waals surface area contributed by atoms with E-state index in [-0.39, 0.29) is 17.3 Å². The Kier molecular flexibility index (Phi) is 5.51. The smallest absolute Gasteiger partial charge is 0.254 e. The normalized spacial score (nSPS) is 12.0. The molecule has 1 unspecified atom stereocenters. The first-order valence-corrected chi connectivity index (χ1v) is 5.69. The number of methoxy groups -OCH3 is 1. The second kappa shape index (κ2) is 6.90. The van der Waals surface area contributed by atoms with Crippen LogP contribution in [0, 0.1) is 11.7 Å². The number of anilines is 1. The first-order valence-electron chi connectivity index (χ1n) is 5.69. The number of hydrogen-bond acceptors (Lipinski definition) is 4. The van der Waals surface area contributed by atoms with Crippen LogP contribution in [0.2, 0.25) is 0 Å². The van der Waals surface area contributed by atoms with Gasteiger partial charge in [0.2, 0.25) is 0 Å². The molecule has 1 heterocycles. The maximum Gasteiger partial charge on any atom is 0.254 e. The summed E-state index contributed by atoms with van der Waals surface area (Å²) < 4.78 is 18.7. The lowest BCUT2D eigenvalue weighted by Gasteiger charge is -2.12. The molecule has 18 heavy (non-hydrogen) atoms. The molecule has 0 aliphatic rings. The fourth-order valence-corrected chi connectivity index (χ4v) is 1.50. The van der Waals surface area contributed by atoms with Gasteiger partial charge < -0.3 is 15.4 Å². The minimum absolute atomic E-state index is 0.0148. The number of aromatic nitrogens is 1. The Labute approximate surface area is 106 Å². The molecule has 0 saturated heterocycles. The van der Waals surface area contributed by atoms with E-state index in [2.05, 4.69) is 15.6 Å². The van der Waals surface area contributed by atoms with Gasteiger partial charge in [-0.25, -0.2) is 9.37 Å². The lowest BCUT2D eigenvalue weighted by Crippen LogP contribution is -2.30. The molecule has 0 aromatic carbocycles. The summed E-state index contributed by atoms with van der Waals surface area (Å²) >= 11 is 0. The third-order valence-corrected chi connectivity index (χ3v) is 2.43. The molecule has 1 aromatic heterocycles. The Balaban J connectivity index is 2.67. The number of hydrogen-bond donors (Lipinski definition) is 2. The highest BCUT2D eigenvalue weighted by Crippen LogP contribution is 2.14. The Bertz CT molecular complexity index is 412. The van der Waals surface area contributed by atoms with E-state index >= 15 is 0 Å². The molecule has 1 atom stereocenters. The zero-order chi connectivity index (χ0) is 13.5. The predicted octanol–water partition coefficient (Wildman–Crippen LogP) is 1.27. The van der Waals surface area contributed by atoms with Crippen LogP contribution in [0.5, 0.6) is 0 Å². The zero-order valence-corrected chi connectivity index (χ0v) is 10.8. The minimum atomic E-state index is -0.642. The molecule has 5 nitrogen and oxygen atoms in total. The molecular weight excluding hydrogens is 237 g/mol. The van der Waals surface area contributed by atoms with Crippen LogP contribution in [0.15, 0.2) is 12.3 Å². The van der Waals surface area contributed by atoms with E-state index in [1.165, 1.54) is 12.3 Å². The second-order valence-electron chi connectivity index (χ2n) is 4.04. The average Bonchev–Trinajstić information content (AvgIpc) is 2.36. The third-order valence-electron chi connectivity index (χ3n) is 2.43. The number of carbonyl (C=O) groups is 1. The van der Waals surface area contributed by atoms with E-state index in [0.29, 0.717) is 13.2 Å². The summed E-state index contributed by atoms with van der Waals surface area (Å²) in [4.78, 5) is 15.6. The van der Waals surface area contributed by atoms with E-state index in [1.54, 1.807) is 14.2 Å². The molecule has 1 amide bonds. The third kappa shape index (κ3) is 3.66. The Hall–Kier alpha value is -1.69. The first-order chi connectivity index (χ1) is 8.60. The highest BCUT2D eigenvalue weighted by atomic mass is 19.1. The van der Waals surface area contributed by atoms with Gasteiger partial charge >= 0.3 is 0 Å². The van der Waals surface area contributed by atoms with E-state index in [0.717, 1.165) is 0 Å². The van der Waals surface area contributed by atoms with Crippen molar-refractivity contribution in [2.24, 2.45) is 5.92 Å². The van der Waals surface area contributed by atoms with Gasteiger partial charge in [0.15, 0.2) is 11.6 Å². The van der Waals surface area contributed by atoms with Crippen LogP contribution in [0.25, 0.3) is 0 Å². The Morgan fingerprint density at radius 1 is 1.61 bits per heavy atom. The summed E-state index contributed by atoms with van der Waals surface area (Å²) in [6.45, 7) is 2.91. The van der Waals surface area contributed by atoms with Crippen molar-refractivity contribution in [3.8, 4) is 0 Å². The standard InChI is InChI=1S/C12H18FN3O2/c1-8(7-18-3)6-16-12(17)9-4-5-15-11(14-2)10(9)13/h4-5,8H,6-7H2,1-3H3,(H,14,15)(H,16,17). The molecule has 0 bridgehead atoms. The zero-order valence-electron chi connectivity index (χ0n) is 10.8. The summed E-state index contributed by atoms with van der Waals surface area (Å²) in [5, 5.41) is 5.25. The molecule has 2 N–H and O–H groups in total. The summed E-state index contributed by atoms with van der Waals surface area (Å²) in [5.41, 5.74) is -0.0148. The number of nitrogens with zero attached hydrogens (tertiary/aromatic N) is 1. The SMILES string of the molecule is CNc1nccc(C(=O)NCC(C)COC)c1F. The number of ether oxygens (including phenoxy) is 1. The van der Waals surface area contributed by atoms with Crippen LogP contribution >= 0.6 is 0 Å². The number of carbonyl (C=O) groups excluding carboxylic acids is 1. The second-order valence-corrected chi connectivity index (χ2v) is 4.04. The lowest BCUT2D eigenvalue weighted by atomic mass is 10.2. The van der Waals surface area contributed by atoms with Crippen LogP contribution in [-0.2, 0) is 4.74 Å². The molecule has 0 aliphatic heterocycles. The van der Waals surface area contributed by atoms with Crippen molar-refractivity contribution in [3.05, 3.63) is 23.6 Å². The van der Waals surface area contributed by atoms with Crippen molar-refractivity contribution >= 4 is 11.7 Å². The molecule has 0 radical (unpaired) electrons. The van der Waals surface area contributed by atoms with Gasteiger partial charge in [-0.3, -0.25) is 4.79 Å².